The van der Waals surface area contributed by atoms with Crippen LogP contribution in [0.15, 0.2) is 0 Å². The number of carboxylic acids is 1. The van der Waals surface area contributed by atoms with Crippen molar-refractivity contribution in [1.82, 2.24) is 0 Å². The Kier molecular flexibility index (Phi) is 3.88. The van der Waals surface area contributed by atoms with Gasteiger partial charge in [-0.2, -0.15) is 0 Å². The number of hydrogen-bond acceptors (Lipinski definition) is 3. The van der Waals surface area contributed by atoms with Gasteiger partial charge in [-0.1, -0.05) is 0 Å². The summed E-state index contributed by atoms with van der Waals surface area (Å²) in [5.74, 6) is -0.973. The van der Waals surface area contributed by atoms with Crippen LogP contribution in [0.3, 0.4) is 0 Å². The fraction of sp³-hybridized carbons (Fsp3) is 0.889. The molecule has 0 aliphatic rings. The summed E-state index contributed by atoms with van der Waals surface area (Å²) in [6, 6.07) is 0. The summed E-state index contributed by atoms with van der Waals surface area (Å²) in [7, 11) is 1.57. The van der Waals surface area contributed by atoms with Crippen LogP contribution in [-0.2, 0) is 14.3 Å². The third-order valence-electron chi connectivity index (χ3n) is 1.85. The first-order valence-electron chi connectivity index (χ1n) is 4.14. The smallest absolute Gasteiger partial charge is 0.335 e. The molecule has 13 heavy (non-hydrogen) atoms. The minimum atomic E-state index is -1.16. The highest BCUT2D eigenvalue weighted by atomic mass is 16.6. The van der Waals surface area contributed by atoms with E-state index in [4.69, 9.17) is 14.6 Å². The van der Waals surface area contributed by atoms with E-state index < -0.39 is 17.2 Å². The van der Waals surface area contributed by atoms with Gasteiger partial charge in [0.25, 0.3) is 0 Å². The van der Waals surface area contributed by atoms with E-state index >= 15 is 0 Å². The monoisotopic (exact) mass is 190 g/mol. The lowest BCUT2D eigenvalue weighted by atomic mass is 10.1. The minimum absolute atomic E-state index is 0.253. The van der Waals surface area contributed by atoms with E-state index in [1.165, 1.54) is 13.8 Å². The minimum Gasteiger partial charge on any atom is -0.479 e. The number of aliphatic carboxylic acids is 1. The van der Waals surface area contributed by atoms with Gasteiger partial charge in [0.2, 0.25) is 0 Å². The van der Waals surface area contributed by atoms with E-state index in [0.29, 0.717) is 0 Å². The third kappa shape index (κ3) is 4.24. The average molecular weight is 190 g/mol. The van der Waals surface area contributed by atoms with Crippen LogP contribution < -0.4 is 0 Å². The van der Waals surface area contributed by atoms with E-state index in [9.17, 15) is 4.79 Å². The maximum atomic E-state index is 10.7. The molecule has 0 aliphatic heterocycles. The molecule has 4 nitrogen and oxygen atoms in total. The first-order chi connectivity index (χ1) is 5.71. The molecule has 0 spiro atoms. The molecule has 0 aromatic carbocycles. The summed E-state index contributed by atoms with van der Waals surface area (Å²) in [4.78, 5) is 10.7. The van der Waals surface area contributed by atoms with Gasteiger partial charge in [-0.05, 0) is 27.7 Å². The van der Waals surface area contributed by atoms with Crippen LogP contribution in [0.2, 0.25) is 0 Å². The number of ether oxygens (including phenoxy) is 2. The van der Waals surface area contributed by atoms with Crippen LogP contribution in [-0.4, -0.2) is 36.0 Å². The van der Waals surface area contributed by atoms with E-state index in [1.54, 1.807) is 7.11 Å². The SMILES string of the molecule is COC(C)(C)COC(C)(C)C(=O)O. The molecule has 0 saturated carbocycles. The molecular weight excluding hydrogens is 172 g/mol. The third-order valence-corrected chi connectivity index (χ3v) is 1.85. The van der Waals surface area contributed by atoms with Crippen molar-refractivity contribution in [2.24, 2.45) is 0 Å². The second-order valence-electron chi connectivity index (χ2n) is 4.07. The van der Waals surface area contributed by atoms with Gasteiger partial charge in [-0.15, -0.1) is 0 Å². The summed E-state index contributed by atoms with van der Waals surface area (Å²) in [5, 5.41) is 8.74. The molecule has 0 saturated heterocycles. The van der Waals surface area contributed by atoms with Gasteiger partial charge in [-0.25, -0.2) is 4.79 Å². The van der Waals surface area contributed by atoms with Crippen molar-refractivity contribution in [1.29, 1.82) is 0 Å². The predicted octanol–water partition coefficient (Wildman–Crippen LogP) is 1.29. The van der Waals surface area contributed by atoms with Gasteiger partial charge in [0, 0.05) is 7.11 Å². The lowest BCUT2D eigenvalue weighted by Gasteiger charge is -2.28. The normalized spacial score (nSPS) is 13.0. The second-order valence-corrected chi connectivity index (χ2v) is 4.07. The fourth-order valence-corrected chi connectivity index (χ4v) is 0.475. The van der Waals surface area contributed by atoms with Gasteiger partial charge in [0.1, 0.15) is 0 Å². The molecule has 0 aromatic heterocycles. The van der Waals surface area contributed by atoms with E-state index in [-0.39, 0.29) is 6.61 Å². The quantitative estimate of drug-likeness (QED) is 0.709. The summed E-state index contributed by atoms with van der Waals surface area (Å²) < 4.78 is 10.3. The van der Waals surface area contributed by atoms with Crippen molar-refractivity contribution in [3.05, 3.63) is 0 Å². The van der Waals surface area contributed by atoms with Gasteiger partial charge in [0.05, 0.1) is 12.2 Å². The molecule has 0 amide bonds. The number of methoxy groups -OCH3 is 1. The van der Waals surface area contributed by atoms with Crippen LogP contribution in [0.1, 0.15) is 27.7 Å². The molecule has 0 aliphatic carbocycles. The number of carbonyl (C=O) groups is 1. The van der Waals surface area contributed by atoms with Gasteiger partial charge < -0.3 is 14.6 Å². The van der Waals surface area contributed by atoms with Gasteiger partial charge in [0.15, 0.2) is 5.60 Å². The Hall–Kier alpha value is -0.610. The Bertz CT molecular complexity index is 184. The molecule has 0 unspecified atom stereocenters. The van der Waals surface area contributed by atoms with Gasteiger partial charge >= 0.3 is 5.97 Å². The van der Waals surface area contributed by atoms with Crippen LogP contribution in [0.4, 0.5) is 0 Å². The molecule has 0 aromatic rings. The Morgan fingerprint density at radius 3 is 2.08 bits per heavy atom. The Balaban J connectivity index is 4.09. The van der Waals surface area contributed by atoms with Crippen molar-refractivity contribution in [2.75, 3.05) is 13.7 Å². The fourth-order valence-electron chi connectivity index (χ4n) is 0.475. The molecule has 0 fully saturated rings. The summed E-state index contributed by atoms with van der Waals surface area (Å²) in [6.45, 7) is 6.96. The van der Waals surface area contributed by atoms with Crippen LogP contribution in [0.25, 0.3) is 0 Å². The molecule has 0 rings (SSSR count). The standard InChI is InChI=1S/C9H18O4/c1-8(2,12-5)6-13-9(3,4)7(10)11/h6H2,1-5H3,(H,10,11). The topological polar surface area (TPSA) is 55.8 Å². The Morgan fingerprint density at radius 1 is 1.31 bits per heavy atom. The van der Waals surface area contributed by atoms with Crippen LogP contribution in [0, 0.1) is 0 Å². The predicted molar refractivity (Wildman–Crippen MR) is 48.8 cm³/mol. The van der Waals surface area contributed by atoms with Crippen molar-refractivity contribution in [3.8, 4) is 0 Å². The zero-order valence-electron chi connectivity index (χ0n) is 8.88. The second kappa shape index (κ2) is 4.07. The molecule has 0 bridgehead atoms. The molecule has 1 N–H and O–H groups in total. The molecule has 4 heteroatoms. The van der Waals surface area contributed by atoms with Crippen LogP contribution in [0.5, 0.6) is 0 Å². The molecule has 78 valence electrons. The highest BCUT2D eigenvalue weighted by Gasteiger charge is 2.30. The molecule has 0 heterocycles. The van der Waals surface area contributed by atoms with Crippen molar-refractivity contribution >= 4 is 5.97 Å². The van der Waals surface area contributed by atoms with Crippen molar-refractivity contribution in [3.63, 3.8) is 0 Å². The molecular formula is C9H18O4. The van der Waals surface area contributed by atoms with E-state index in [1.807, 2.05) is 13.8 Å². The summed E-state index contributed by atoms with van der Waals surface area (Å²) in [5.41, 5.74) is -1.61. The molecule has 0 radical (unpaired) electrons. The average Bonchev–Trinajstić information content (AvgIpc) is 2.01. The maximum absolute atomic E-state index is 10.7. The number of carboxylic acid groups (broad SMARTS) is 1. The van der Waals surface area contributed by atoms with Crippen molar-refractivity contribution < 1.29 is 19.4 Å². The number of rotatable bonds is 5. The lowest BCUT2D eigenvalue weighted by molar-refractivity contribution is -0.169. The van der Waals surface area contributed by atoms with Gasteiger partial charge in [-0.3, -0.25) is 0 Å². The summed E-state index contributed by atoms with van der Waals surface area (Å²) >= 11 is 0. The first-order valence-corrected chi connectivity index (χ1v) is 4.14. The largest absolute Gasteiger partial charge is 0.479 e. The number of hydrogen-bond donors (Lipinski definition) is 1. The molecule has 0 atom stereocenters. The van der Waals surface area contributed by atoms with E-state index in [0.717, 1.165) is 0 Å². The lowest BCUT2D eigenvalue weighted by Crippen LogP contribution is -2.40. The zero-order valence-corrected chi connectivity index (χ0v) is 8.88. The Morgan fingerprint density at radius 2 is 1.77 bits per heavy atom. The van der Waals surface area contributed by atoms with Crippen molar-refractivity contribution in [2.45, 2.75) is 38.9 Å². The highest BCUT2D eigenvalue weighted by molar-refractivity contribution is 5.76. The summed E-state index contributed by atoms with van der Waals surface area (Å²) in [6.07, 6.45) is 0. The zero-order chi connectivity index (χ0) is 10.7. The first kappa shape index (κ1) is 12.4. The van der Waals surface area contributed by atoms with E-state index in [2.05, 4.69) is 0 Å². The van der Waals surface area contributed by atoms with Crippen LogP contribution >= 0.6 is 0 Å². The maximum Gasteiger partial charge on any atom is 0.335 e. The highest BCUT2D eigenvalue weighted by Crippen LogP contribution is 2.15. The Labute approximate surface area is 78.8 Å².